The van der Waals surface area contributed by atoms with Crippen LogP contribution in [0.15, 0.2) is 12.1 Å². The third-order valence-corrected chi connectivity index (χ3v) is 2.54. The number of phenolic OH excluding ortho intramolecular Hbond substituents is 1. The number of benzene rings is 1. The van der Waals surface area contributed by atoms with Crippen LogP contribution in [0.4, 0.5) is 0 Å². The van der Waals surface area contributed by atoms with E-state index in [9.17, 15) is 5.11 Å². The molecule has 0 spiro atoms. The maximum Gasteiger partial charge on any atom is 0.117 e. The van der Waals surface area contributed by atoms with Crippen LogP contribution in [0, 0.1) is 12.3 Å². The molecule has 1 atom stereocenters. The van der Waals surface area contributed by atoms with E-state index in [4.69, 9.17) is 18.0 Å². The summed E-state index contributed by atoms with van der Waals surface area (Å²) in [5.74, 6) is 2.72. The van der Waals surface area contributed by atoms with Crippen LogP contribution < -0.4 is 0 Å². The summed E-state index contributed by atoms with van der Waals surface area (Å²) >= 11 is 8.22. The molecule has 0 saturated heterocycles. The number of aromatic hydroxyl groups is 1. The van der Waals surface area contributed by atoms with Gasteiger partial charge in [-0.15, -0.1) is 6.42 Å². The minimum absolute atomic E-state index is 0.168. The average Bonchev–Trinajstić information content (AvgIpc) is 2.01. The molecule has 0 radical (unpaired) electrons. The average molecular weight is 321 g/mol. The van der Waals surface area contributed by atoms with Gasteiger partial charge in [-0.2, -0.15) is 0 Å². The molecule has 1 aromatic carbocycles. The number of halogens is 2. The first kappa shape index (κ1) is 11.7. The summed E-state index contributed by atoms with van der Waals surface area (Å²) in [5.41, 5.74) is 1.62. The number of terminal acetylenes is 1. The van der Waals surface area contributed by atoms with E-state index >= 15 is 0 Å². The summed E-state index contributed by atoms with van der Waals surface area (Å²) in [7, 11) is 0. The topological polar surface area (TPSA) is 20.2 Å². The molecule has 0 aliphatic carbocycles. The number of phenols is 1. The van der Waals surface area contributed by atoms with Crippen LogP contribution in [0.5, 0.6) is 5.75 Å². The Morgan fingerprint density at radius 2 is 2.29 bits per heavy atom. The van der Waals surface area contributed by atoms with Gasteiger partial charge >= 0.3 is 0 Å². The van der Waals surface area contributed by atoms with Gasteiger partial charge in [0.25, 0.3) is 0 Å². The van der Waals surface area contributed by atoms with Crippen LogP contribution in [0.1, 0.15) is 18.1 Å². The Labute approximate surface area is 103 Å². The second-order valence-corrected chi connectivity index (χ2v) is 5.62. The number of hydrogen-bond acceptors (Lipinski definition) is 1. The Hall–Kier alpha value is -0.400. The van der Waals surface area contributed by atoms with Crippen molar-refractivity contribution in [2.45, 2.75) is 17.3 Å². The summed E-state index contributed by atoms with van der Waals surface area (Å²) in [4.78, 5) is 0. The van der Waals surface area contributed by atoms with Crippen molar-refractivity contribution in [3.63, 3.8) is 0 Å². The molecule has 1 unspecified atom stereocenters. The lowest BCUT2D eigenvalue weighted by molar-refractivity contribution is 0.474. The molecule has 14 heavy (non-hydrogen) atoms. The lowest BCUT2D eigenvalue weighted by Crippen LogP contribution is -1.99. The molecule has 1 rings (SSSR count). The zero-order valence-corrected chi connectivity index (χ0v) is 10.6. The van der Waals surface area contributed by atoms with Gasteiger partial charge in [0.1, 0.15) is 5.75 Å². The largest absolute Gasteiger partial charge is 0.508 e. The molecule has 74 valence electrons. The van der Waals surface area contributed by atoms with Gasteiger partial charge in [0.05, 0.1) is 5.02 Å². The molecular weight excluding hydrogens is 310 g/mol. The first-order chi connectivity index (χ1) is 6.54. The van der Waals surface area contributed by atoms with E-state index in [0.29, 0.717) is 14.5 Å². The van der Waals surface area contributed by atoms with Crippen LogP contribution in [-0.2, 0) is 6.42 Å². The van der Waals surface area contributed by atoms with Gasteiger partial charge in [0.15, 0.2) is 0 Å². The third-order valence-electron chi connectivity index (χ3n) is 1.80. The van der Waals surface area contributed by atoms with Crippen LogP contribution in [0.2, 0.25) is 5.02 Å². The minimum atomic E-state index is 0.168. The van der Waals surface area contributed by atoms with E-state index in [0.717, 1.165) is 12.0 Å². The molecule has 1 N–H and O–H groups in total. The molecule has 0 aliphatic heterocycles. The first-order valence-electron chi connectivity index (χ1n) is 4.16. The molecule has 0 saturated carbocycles. The highest BCUT2D eigenvalue weighted by Gasteiger charge is 2.09. The summed E-state index contributed by atoms with van der Waals surface area (Å²) < 4.78 is 0.456. The van der Waals surface area contributed by atoms with Crippen LogP contribution in [-0.4, -0.2) is 9.03 Å². The van der Waals surface area contributed by atoms with Crippen LogP contribution in [0.3, 0.4) is 0 Å². The molecule has 0 bridgehead atoms. The maximum atomic E-state index is 9.37. The van der Waals surface area contributed by atoms with Crippen molar-refractivity contribution in [3.05, 3.63) is 28.3 Å². The van der Waals surface area contributed by atoms with Crippen LogP contribution in [0.25, 0.3) is 0 Å². The standard InChI is InChI=1S/C11H10ClIO/c1-3-10-8(4-7(2)13)5-9(14)6-11(10)12/h1,5-7,14H,4H2,2H3. The fraction of sp³-hybridized carbons (Fsp3) is 0.273. The number of hydrogen-bond donors (Lipinski definition) is 1. The van der Waals surface area contributed by atoms with E-state index in [-0.39, 0.29) is 5.75 Å². The highest BCUT2D eigenvalue weighted by Crippen LogP contribution is 2.27. The molecule has 0 aromatic heterocycles. The van der Waals surface area contributed by atoms with E-state index in [1.165, 1.54) is 6.07 Å². The Kier molecular flexibility index (Phi) is 4.09. The maximum absolute atomic E-state index is 9.37. The van der Waals surface area contributed by atoms with Gasteiger partial charge in [-0.05, 0) is 24.1 Å². The molecule has 0 aliphatic rings. The minimum Gasteiger partial charge on any atom is -0.508 e. The van der Waals surface area contributed by atoms with Crippen molar-refractivity contribution < 1.29 is 5.11 Å². The van der Waals surface area contributed by atoms with Crippen molar-refractivity contribution in [1.82, 2.24) is 0 Å². The molecule has 0 heterocycles. The number of rotatable bonds is 2. The van der Waals surface area contributed by atoms with Gasteiger partial charge in [-0.3, -0.25) is 0 Å². The predicted octanol–water partition coefficient (Wildman–Crippen LogP) is 3.39. The first-order valence-corrected chi connectivity index (χ1v) is 5.79. The molecule has 0 amide bonds. The summed E-state index contributed by atoms with van der Waals surface area (Å²) in [6.07, 6.45) is 6.17. The smallest absolute Gasteiger partial charge is 0.117 e. The summed E-state index contributed by atoms with van der Waals surface area (Å²) in [5, 5.41) is 9.82. The lowest BCUT2D eigenvalue weighted by atomic mass is 10.0. The van der Waals surface area contributed by atoms with E-state index < -0.39 is 0 Å². The fourth-order valence-electron chi connectivity index (χ4n) is 1.27. The van der Waals surface area contributed by atoms with Crippen molar-refractivity contribution in [1.29, 1.82) is 0 Å². The molecular formula is C11H10ClIO. The fourth-order valence-corrected chi connectivity index (χ4v) is 2.04. The third kappa shape index (κ3) is 2.79. The summed E-state index contributed by atoms with van der Waals surface area (Å²) in [6, 6.07) is 3.15. The molecule has 1 nitrogen and oxygen atoms in total. The van der Waals surface area contributed by atoms with E-state index in [1.54, 1.807) is 6.07 Å². The SMILES string of the molecule is C#Cc1c(Cl)cc(O)cc1CC(C)I. The Bertz CT molecular complexity index is 380. The number of alkyl halides is 1. The van der Waals surface area contributed by atoms with Gasteiger partial charge in [0.2, 0.25) is 0 Å². The van der Waals surface area contributed by atoms with Crippen molar-refractivity contribution in [2.75, 3.05) is 0 Å². The lowest BCUT2D eigenvalue weighted by Gasteiger charge is -2.08. The Balaban J connectivity index is 3.20. The molecule has 0 fully saturated rings. The highest BCUT2D eigenvalue weighted by atomic mass is 127. The van der Waals surface area contributed by atoms with E-state index in [1.807, 2.05) is 0 Å². The van der Waals surface area contributed by atoms with Gasteiger partial charge in [-0.1, -0.05) is 47.0 Å². The second kappa shape index (κ2) is 4.90. The van der Waals surface area contributed by atoms with Crippen molar-refractivity contribution >= 4 is 34.2 Å². The van der Waals surface area contributed by atoms with Crippen molar-refractivity contribution in [2.24, 2.45) is 0 Å². The Morgan fingerprint density at radius 3 is 2.79 bits per heavy atom. The van der Waals surface area contributed by atoms with Gasteiger partial charge in [0, 0.05) is 9.49 Å². The van der Waals surface area contributed by atoms with Gasteiger partial charge < -0.3 is 5.11 Å². The highest BCUT2D eigenvalue weighted by molar-refractivity contribution is 14.1. The van der Waals surface area contributed by atoms with Crippen molar-refractivity contribution in [3.8, 4) is 18.1 Å². The summed E-state index contributed by atoms with van der Waals surface area (Å²) in [6.45, 7) is 2.08. The normalized spacial score (nSPS) is 12.1. The van der Waals surface area contributed by atoms with E-state index in [2.05, 4.69) is 35.4 Å². The zero-order chi connectivity index (χ0) is 10.7. The van der Waals surface area contributed by atoms with Crippen LogP contribution >= 0.6 is 34.2 Å². The monoisotopic (exact) mass is 320 g/mol. The molecule has 1 aromatic rings. The second-order valence-electron chi connectivity index (χ2n) is 3.09. The Morgan fingerprint density at radius 1 is 1.64 bits per heavy atom. The quantitative estimate of drug-likeness (QED) is 0.503. The zero-order valence-electron chi connectivity index (χ0n) is 7.72. The predicted molar refractivity (Wildman–Crippen MR) is 68.2 cm³/mol. The van der Waals surface area contributed by atoms with Gasteiger partial charge in [-0.25, -0.2) is 0 Å². The molecule has 3 heteroatoms.